The second kappa shape index (κ2) is 4.72. The number of benzene rings is 1. The van der Waals surface area contributed by atoms with Gasteiger partial charge in [0.1, 0.15) is 5.02 Å². The van der Waals surface area contributed by atoms with Crippen LogP contribution < -0.4 is 0 Å². The summed E-state index contributed by atoms with van der Waals surface area (Å²) in [6.45, 7) is 1.58. The van der Waals surface area contributed by atoms with Crippen LogP contribution >= 0.6 is 27.5 Å². The van der Waals surface area contributed by atoms with E-state index in [4.69, 9.17) is 11.6 Å². The van der Waals surface area contributed by atoms with Crippen LogP contribution in [0.5, 0.6) is 0 Å². The smallest absolute Gasteiger partial charge is 0.291 e. The summed E-state index contributed by atoms with van der Waals surface area (Å²) in [6, 6.07) is 3.01. The SMILES string of the molecule is Cc1ccc(C(=O)CBr)c(Cl)c1[N+](=O)[O-]. The number of hydrogen-bond donors (Lipinski definition) is 0. The third-order valence-electron chi connectivity index (χ3n) is 1.92. The number of alkyl halides is 1. The Labute approximate surface area is 99.5 Å². The van der Waals surface area contributed by atoms with Crippen molar-refractivity contribution >= 4 is 39.0 Å². The largest absolute Gasteiger partial charge is 0.293 e. The zero-order valence-electron chi connectivity index (χ0n) is 7.79. The van der Waals surface area contributed by atoms with E-state index >= 15 is 0 Å². The van der Waals surface area contributed by atoms with E-state index < -0.39 is 4.92 Å². The zero-order chi connectivity index (χ0) is 11.6. The molecule has 0 atom stereocenters. The molecule has 0 heterocycles. The van der Waals surface area contributed by atoms with Gasteiger partial charge in [0.25, 0.3) is 5.69 Å². The summed E-state index contributed by atoms with van der Waals surface area (Å²) in [6.07, 6.45) is 0. The van der Waals surface area contributed by atoms with Gasteiger partial charge in [0.2, 0.25) is 0 Å². The van der Waals surface area contributed by atoms with Gasteiger partial charge in [-0.05, 0) is 13.0 Å². The van der Waals surface area contributed by atoms with E-state index in [2.05, 4.69) is 15.9 Å². The van der Waals surface area contributed by atoms with Crippen LogP contribution in [-0.4, -0.2) is 16.0 Å². The first-order chi connectivity index (χ1) is 6.99. The van der Waals surface area contributed by atoms with Gasteiger partial charge in [-0.2, -0.15) is 0 Å². The zero-order valence-corrected chi connectivity index (χ0v) is 10.1. The maximum absolute atomic E-state index is 11.4. The highest BCUT2D eigenvalue weighted by Gasteiger charge is 2.22. The molecule has 1 aromatic rings. The summed E-state index contributed by atoms with van der Waals surface area (Å²) < 4.78 is 0. The van der Waals surface area contributed by atoms with Crippen molar-refractivity contribution in [3.05, 3.63) is 38.4 Å². The average molecular weight is 293 g/mol. The quantitative estimate of drug-likeness (QED) is 0.372. The molecule has 0 aromatic heterocycles. The third-order valence-corrected chi connectivity index (χ3v) is 2.81. The molecule has 80 valence electrons. The number of Topliss-reactive ketones (excluding diaryl/α,β-unsaturated/α-hetero) is 1. The number of nitro benzene ring substituents is 1. The average Bonchev–Trinajstić information content (AvgIpc) is 2.16. The van der Waals surface area contributed by atoms with Crippen LogP contribution in [0.4, 0.5) is 5.69 Å². The summed E-state index contributed by atoms with van der Waals surface area (Å²) in [5.74, 6) is -0.275. The highest BCUT2D eigenvalue weighted by atomic mass is 79.9. The molecule has 0 amide bonds. The van der Waals surface area contributed by atoms with E-state index in [0.29, 0.717) is 5.56 Å². The highest BCUT2D eigenvalue weighted by molar-refractivity contribution is 9.09. The fourth-order valence-corrected chi connectivity index (χ4v) is 1.86. The second-order valence-corrected chi connectivity index (χ2v) is 3.85. The Morgan fingerprint density at radius 3 is 2.67 bits per heavy atom. The number of hydrogen-bond acceptors (Lipinski definition) is 3. The highest BCUT2D eigenvalue weighted by Crippen LogP contribution is 2.31. The molecule has 0 saturated heterocycles. The van der Waals surface area contributed by atoms with Crippen LogP contribution in [0.3, 0.4) is 0 Å². The molecular weight excluding hydrogens is 285 g/mol. The molecule has 0 aliphatic carbocycles. The van der Waals surface area contributed by atoms with Gasteiger partial charge in [0.15, 0.2) is 5.78 Å². The van der Waals surface area contributed by atoms with Crippen LogP contribution in [-0.2, 0) is 0 Å². The summed E-state index contributed by atoms with van der Waals surface area (Å²) in [4.78, 5) is 21.5. The fraction of sp³-hybridized carbons (Fsp3) is 0.222. The molecular formula is C9H7BrClNO3. The van der Waals surface area contributed by atoms with Crippen molar-refractivity contribution < 1.29 is 9.72 Å². The lowest BCUT2D eigenvalue weighted by molar-refractivity contribution is -0.385. The van der Waals surface area contributed by atoms with Crippen LogP contribution in [0.2, 0.25) is 5.02 Å². The van der Waals surface area contributed by atoms with Gasteiger partial charge in [-0.1, -0.05) is 33.6 Å². The van der Waals surface area contributed by atoms with Crippen molar-refractivity contribution in [2.24, 2.45) is 0 Å². The number of aryl methyl sites for hydroxylation is 1. The maximum Gasteiger partial charge on any atom is 0.291 e. The molecule has 0 unspecified atom stereocenters. The van der Waals surface area contributed by atoms with Gasteiger partial charge in [0, 0.05) is 11.1 Å². The van der Waals surface area contributed by atoms with Crippen molar-refractivity contribution in [2.45, 2.75) is 6.92 Å². The number of halogens is 2. The maximum atomic E-state index is 11.4. The van der Waals surface area contributed by atoms with Crippen molar-refractivity contribution in [3.8, 4) is 0 Å². The van der Waals surface area contributed by atoms with E-state index in [-0.39, 0.29) is 27.4 Å². The number of nitro groups is 1. The van der Waals surface area contributed by atoms with Crippen LogP contribution in [0, 0.1) is 17.0 Å². The predicted molar refractivity (Wildman–Crippen MR) is 61.0 cm³/mol. The van der Waals surface area contributed by atoms with Gasteiger partial charge in [-0.15, -0.1) is 0 Å². The number of rotatable bonds is 3. The van der Waals surface area contributed by atoms with Crippen LogP contribution in [0.25, 0.3) is 0 Å². The number of nitrogens with zero attached hydrogens (tertiary/aromatic N) is 1. The lowest BCUT2D eigenvalue weighted by Gasteiger charge is -2.04. The first-order valence-corrected chi connectivity index (χ1v) is 5.51. The number of carbonyl (C=O) groups is 1. The van der Waals surface area contributed by atoms with Gasteiger partial charge < -0.3 is 0 Å². The van der Waals surface area contributed by atoms with E-state index in [1.807, 2.05) is 0 Å². The van der Waals surface area contributed by atoms with Crippen LogP contribution in [0.1, 0.15) is 15.9 Å². The molecule has 4 nitrogen and oxygen atoms in total. The second-order valence-electron chi connectivity index (χ2n) is 2.91. The molecule has 0 aliphatic heterocycles. The molecule has 0 radical (unpaired) electrons. The molecule has 6 heteroatoms. The minimum atomic E-state index is -0.581. The van der Waals surface area contributed by atoms with Crippen molar-refractivity contribution in [2.75, 3.05) is 5.33 Å². The van der Waals surface area contributed by atoms with E-state index in [1.165, 1.54) is 12.1 Å². The van der Waals surface area contributed by atoms with E-state index in [1.54, 1.807) is 6.92 Å². The predicted octanol–water partition coefficient (Wildman–Crippen LogP) is 3.13. The molecule has 0 spiro atoms. The molecule has 1 aromatic carbocycles. The monoisotopic (exact) mass is 291 g/mol. The molecule has 0 fully saturated rings. The third kappa shape index (κ3) is 2.35. The summed E-state index contributed by atoms with van der Waals surface area (Å²) in [5.41, 5.74) is 0.408. The molecule has 0 aliphatic rings. The van der Waals surface area contributed by atoms with Crippen molar-refractivity contribution in [1.29, 1.82) is 0 Å². The number of carbonyl (C=O) groups excluding carboxylic acids is 1. The first kappa shape index (κ1) is 12.1. The Balaban J connectivity index is 3.41. The Kier molecular flexibility index (Phi) is 3.82. The summed E-state index contributed by atoms with van der Waals surface area (Å²) >= 11 is 8.79. The fourth-order valence-electron chi connectivity index (χ4n) is 1.17. The Morgan fingerprint density at radius 2 is 2.20 bits per heavy atom. The normalized spacial score (nSPS) is 10.1. The van der Waals surface area contributed by atoms with Gasteiger partial charge in [-0.3, -0.25) is 14.9 Å². The standard InChI is InChI=1S/C9H7BrClNO3/c1-5-2-3-6(7(13)4-10)8(11)9(5)12(14)15/h2-3H,4H2,1H3. The first-order valence-electron chi connectivity index (χ1n) is 4.01. The minimum absolute atomic E-state index is 0.0902. The topological polar surface area (TPSA) is 60.2 Å². The Morgan fingerprint density at radius 1 is 1.60 bits per heavy atom. The van der Waals surface area contributed by atoms with Crippen LogP contribution in [0.15, 0.2) is 12.1 Å². The number of ketones is 1. The molecule has 1 rings (SSSR count). The van der Waals surface area contributed by atoms with E-state index in [0.717, 1.165) is 0 Å². The molecule has 15 heavy (non-hydrogen) atoms. The minimum Gasteiger partial charge on any atom is -0.293 e. The molecule has 0 N–H and O–H groups in total. The van der Waals surface area contributed by atoms with Gasteiger partial charge >= 0.3 is 0 Å². The van der Waals surface area contributed by atoms with Crippen molar-refractivity contribution in [3.63, 3.8) is 0 Å². The summed E-state index contributed by atoms with van der Waals surface area (Å²) in [5, 5.41) is 10.7. The lowest BCUT2D eigenvalue weighted by atomic mass is 10.1. The lowest BCUT2D eigenvalue weighted by Crippen LogP contribution is -2.04. The summed E-state index contributed by atoms with van der Waals surface area (Å²) in [7, 11) is 0. The molecule has 0 bridgehead atoms. The Hall–Kier alpha value is -0.940. The van der Waals surface area contributed by atoms with E-state index in [9.17, 15) is 14.9 Å². The molecule has 0 saturated carbocycles. The van der Waals surface area contributed by atoms with Crippen molar-refractivity contribution in [1.82, 2.24) is 0 Å². The van der Waals surface area contributed by atoms with Gasteiger partial charge in [0.05, 0.1) is 10.3 Å². The van der Waals surface area contributed by atoms with Gasteiger partial charge in [-0.25, -0.2) is 0 Å². The Bertz CT molecular complexity index is 434.